The van der Waals surface area contributed by atoms with Gasteiger partial charge in [-0.25, -0.2) is 11.0 Å². The Bertz CT molecular complexity index is 1130. The van der Waals surface area contributed by atoms with E-state index in [-0.39, 0.29) is 25.4 Å². The average Bonchev–Trinajstić information content (AvgIpc) is 3.26. The number of H-pyrrole nitrogens is 1. The van der Waals surface area contributed by atoms with Crippen LogP contribution in [0.2, 0.25) is 0 Å². The number of para-hydroxylation sites is 1. The molecule has 0 aliphatic carbocycles. The molecule has 2 atom stereocenters. The largest absolute Gasteiger partial charge is 0.361 e. The minimum absolute atomic E-state index is 0.132. The highest BCUT2D eigenvalue weighted by Gasteiger charge is 2.29. The molecule has 2 aromatic carbocycles. The van der Waals surface area contributed by atoms with Crippen LogP contribution in [0.3, 0.4) is 0 Å². The van der Waals surface area contributed by atoms with Crippen LogP contribution < -0.4 is 16.3 Å². The van der Waals surface area contributed by atoms with E-state index in [1.807, 2.05) is 74.6 Å². The molecule has 0 aliphatic rings. The van der Waals surface area contributed by atoms with E-state index >= 15 is 0 Å². The summed E-state index contributed by atoms with van der Waals surface area (Å²) in [6.45, 7) is 4.04. The Balaban J connectivity index is 1.75. The first kappa shape index (κ1) is 25.9. The molecular formula is C26H32N4O5. The fourth-order valence-corrected chi connectivity index (χ4v) is 3.98. The van der Waals surface area contributed by atoms with E-state index in [0.717, 1.165) is 22.0 Å². The SMILES string of the molecule is CC(C)C[C@@H](CC(=O)NO)C(=O)N[C@H](Cc1c[nH]c2ccccc12)C(=O)NOCc1ccccc1. The van der Waals surface area contributed by atoms with Crippen molar-refractivity contribution in [2.45, 2.75) is 45.8 Å². The number of nitrogens with one attached hydrogen (secondary N) is 4. The van der Waals surface area contributed by atoms with Gasteiger partial charge in [-0.1, -0.05) is 62.4 Å². The Kier molecular flexibility index (Phi) is 9.39. The molecule has 0 radical (unpaired) electrons. The van der Waals surface area contributed by atoms with E-state index in [1.54, 1.807) is 5.48 Å². The molecule has 0 spiro atoms. The summed E-state index contributed by atoms with van der Waals surface area (Å²) in [5, 5.41) is 12.7. The Morgan fingerprint density at radius 1 is 1.00 bits per heavy atom. The lowest BCUT2D eigenvalue weighted by Gasteiger charge is -2.23. The molecule has 0 fully saturated rings. The van der Waals surface area contributed by atoms with Crippen LogP contribution >= 0.6 is 0 Å². The zero-order chi connectivity index (χ0) is 25.2. The van der Waals surface area contributed by atoms with Crippen LogP contribution in [0.4, 0.5) is 0 Å². The maximum absolute atomic E-state index is 13.1. The molecule has 0 bridgehead atoms. The van der Waals surface area contributed by atoms with Crippen molar-refractivity contribution in [3.8, 4) is 0 Å². The first-order valence-electron chi connectivity index (χ1n) is 11.6. The van der Waals surface area contributed by atoms with Crippen molar-refractivity contribution in [1.82, 2.24) is 21.3 Å². The van der Waals surface area contributed by atoms with Crippen molar-refractivity contribution in [3.63, 3.8) is 0 Å². The lowest BCUT2D eigenvalue weighted by Crippen LogP contribution is -2.50. The van der Waals surface area contributed by atoms with Crippen molar-refractivity contribution in [1.29, 1.82) is 0 Å². The number of hydrogen-bond acceptors (Lipinski definition) is 5. The number of hydroxylamine groups is 2. The molecule has 0 saturated carbocycles. The van der Waals surface area contributed by atoms with Gasteiger partial charge in [0.2, 0.25) is 11.8 Å². The summed E-state index contributed by atoms with van der Waals surface area (Å²) in [4.78, 5) is 46.5. The zero-order valence-corrected chi connectivity index (χ0v) is 19.9. The lowest BCUT2D eigenvalue weighted by atomic mass is 9.92. The number of carbonyl (C=O) groups excluding carboxylic acids is 3. The maximum atomic E-state index is 13.1. The quantitative estimate of drug-likeness (QED) is 0.201. The van der Waals surface area contributed by atoms with Crippen LogP contribution in [0.5, 0.6) is 0 Å². The number of fused-ring (bicyclic) bond motifs is 1. The Hall–Kier alpha value is -3.69. The van der Waals surface area contributed by atoms with E-state index in [4.69, 9.17) is 10.0 Å². The highest BCUT2D eigenvalue weighted by molar-refractivity contribution is 5.91. The number of hydrogen-bond donors (Lipinski definition) is 5. The predicted molar refractivity (Wildman–Crippen MR) is 131 cm³/mol. The van der Waals surface area contributed by atoms with Gasteiger partial charge in [0, 0.05) is 35.9 Å². The highest BCUT2D eigenvalue weighted by Crippen LogP contribution is 2.20. The van der Waals surface area contributed by atoms with Crippen molar-refractivity contribution >= 4 is 28.6 Å². The van der Waals surface area contributed by atoms with Crippen molar-refractivity contribution < 1.29 is 24.4 Å². The second-order valence-electron chi connectivity index (χ2n) is 8.93. The standard InChI is InChI=1S/C26H32N4O5/c1-17(2)12-19(14-24(31)29-34)25(32)28-23(13-20-15-27-22-11-7-6-10-21(20)22)26(33)30-35-16-18-8-4-3-5-9-18/h3-11,15,17,19,23,27,34H,12-14,16H2,1-2H3,(H,28,32)(H,29,31)(H,30,33)/t19-,23+/m0/s1. The molecule has 1 aromatic heterocycles. The van der Waals surface area contributed by atoms with Gasteiger partial charge in [-0.3, -0.25) is 24.4 Å². The minimum Gasteiger partial charge on any atom is -0.361 e. The summed E-state index contributed by atoms with van der Waals surface area (Å²) in [5.41, 5.74) is 6.69. The van der Waals surface area contributed by atoms with Crippen LogP contribution in [0.1, 0.15) is 37.8 Å². The smallest absolute Gasteiger partial charge is 0.266 e. The fourth-order valence-electron chi connectivity index (χ4n) is 3.98. The Labute approximate surface area is 204 Å². The topological polar surface area (TPSA) is 133 Å². The molecule has 3 aromatic rings. The van der Waals surface area contributed by atoms with Crippen LogP contribution in [-0.4, -0.2) is 34.0 Å². The van der Waals surface area contributed by atoms with Gasteiger partial charge in [-0.05, 0) is 29.5 Å². The van der Waals surface area contributed by atoms with Crippen LogP contribution in [0, 0.1) is 11.8 Å². The molecule has 5 N–H and O–H groups in total. The molecule has 186 valence electrons. The fraction of sp³-hybridized carbons (Fsp3) is 0.346. The molecule has 0 unspecified atom stereocenters. The first-order chi connectivity index (χ1) is 16.9. The molecule has 1 heterocycles. The number of aromatic nitrogens is 1. The van der Waals surface area contributed by atoms with E-state index in [0.29, 0.717) is 6.42 Å². The lowest BCUT2D eigenvalue weighted by molar-refractivity contribution is -0.141. The van der Waals surface area contributed by atoms with Crippen LogP contribution in [0.25, 0.3) is 10.9 Å². The van der Waals surface area contributed by atoms with Crippen LogP contribution in [-0.2, 0) is 32.2 Å². The molecule has 0 saturated heterocycles. The van der Waals surface area contributed by atoms with Gasteiger partial charge in [0.15, 0.2) is 0 Å². The molecule has 9 heteroatoms. The predicted octanol–water partition coefficient (Wildman–Crippen LogP) is 3.00. The number of rotatable bonds is 12. The van der Waals surface area contributed by atoms with Gasteiger partial charge in [0.25, 0.3) is 5.91 Å². The second kappa shape index (κ2) is 12.7. The molecule has 3 rings (SSSR count). The zero-order valence-electron chi connectivity index (χ0n) is 19.9. The maximum Gasteiger partial charge on any atom is 0.266 e. The number of aromatic amines is 1. The molecular weight excluding hydrogens is 448 g/mol. The monoisotopic (exact) mass is 480 g/mol. The summed E-state index contributed by atoms with van der Waals surface area (Å²) >= 11 is 0. The summed E-state index contributed by atoms with van der Waals surface area (Å²) in [6.07, 6.45) is 2.27. The number of benzene rings is 2. The van der Waals surface area contributed by atoms with E-state index in [9.17, 15) is 14.4 Å². The van der Waals surface area contributed by atoms with Crippen molar-refractivity contribution in [2.75, 3.05) is 0 Å². The van der Waals surface area contributed by atoms with Gasteiger partial charge in [0.1, 0.15) is 6.04 Å². The number of amides is 3. The van der Waals surface area contributed by atoms with Gasteiger partial charge in [0.05, 0.1) is 6.61 Å². The minimum atomic E-state index is -0.940. The third-order valence-electron chi connectivity index (χ3n) is 5.67. The molecule has 0 aliphatic heterocycles. The Morgan fingerprint density at radius 3 is 2.43 bits per heavy atom. The third-order valence-corrected chi connectivity index (χ3v) is 5.67. The number of carbonyl (C=O) groups is 3. The summed E-state index contributed by atoms with van der Waals surface area (Å²) in [5.74, 6) is -2.17. The van der Waals surface area contributed by atoms with Crippen molar-refractivity contribution in [2.24, 2.45) is 11.8 Å². The molecule has 3 amide bonds. The normalized spacial score (nSPS) is 12.8. The summed E-state index contributed by atoms with van der Waals surface area (Å²) < 4.78 is 0. The summed E-state index contributed by atoms with van der Waals surface area (Å²) in [7, 11) is 0. The van der Waals surface area contributed by atoms with E-state index < -0.39 is 29.7 Å². The summed E-state index contributed by atoms with van der Waals surface area (Å²) in [6, 6.07) is 16.1. The van der Waals surface area contributed by atoms with Gasteiger partial charge in [-0.2, -0.15) is 0 Å². The highest BCUT2D eigenvalue weighted by atomic mass is 16.6. The van der Waals surface area contributed by atoms with Crippen LogP contribution in [0.15, 0.2) is 60.8 Å². The first-order valence-corrected chi connectivity index (χ1v) is 11.6. The second-order valence-corrected chi connectivity index (χ2v) is 8.93. The Morgan fingerprint density at radius 2 is 1.71 bits per heavy atom. The third kappa shape index (κ3) is 7.66. The van der Waals surface area contributed by atoms with Crippen molar-refractivity contribution in [3.05, 3.63) is 71.9 Å². The molecule has 9 nitrogen and oxygen atoms in total. The average molecular weight is 481 g/mol. The van der Waals surface area contributed by atoms with E-state index in [2.05, 4.69) is 15.8 Å². The van der Waals surface area contributed by atoms with Gasteiger partial charge >= 0.3 is 0 Å². The van der Waals surface area contributed by atoms with Gasteiger partial charge < -0.3 is 10.3 Å². The molecule has 35 heavy (non-hydrogen) atoms. The van der Waals surface area contributed by atoms with E-state index in [1.165, 1.54) is 0 Å². The van der Waals surface area contributed by atoms with Gasteiger partial charge in [-0.15, -0.1) is 0 Å².